The molecule has 0 amide bonds. The lowest BCUT2D eigenvalue weighted by Crippen LogP contribution is -2.38. The van der Waals surface area contributed by atoms with Crippen LogP contribution in [-0.2, 0) is 0 Å². The molecule has 1 saturated carbocycles. The van der Waals surface area contributed by atoms with E-state index in [1.165, 1.54) is 6.42 Å². The number of halogens is 1. The van der Waals surface area contributed by atoms with Crippen molar-refractivity contribution in [2.45, 2.75) is 30.7 Å². The summed E-state index contributed by atoms with van der Waals surface area (Å²) in [4.78, 5) is 0. The maximum absolute atomic E-state index is 5.84. The Bertz CT molecular complexity index is 76.8. The molecule has 0 aromatic heterocycles. The maximum atomic E-state index is 5.84. The first kappa shape index (κ1) is 6.33. The van der Waals surface area contributed by atoms with Gasteiger partial charge in [0.25, 0.3) is 0 Å². The number of rotatable bonds is 1. The monoisotopic (exact) mass is 134 g/mol. The van der Waals surface area contributed by atoms with Crippen molar-refractivity contribution in [1.29, 1.82) is 0 Å². The summed E-state index contributed by atoms with van der Waals surface area (Å²) < 4.78 is 0. The molecule has 48 valence electrons. The lowest BCUT2D eigenvalue weighted by molar-refractivity contribution is 0.549. The van der Waals surface area contributed by atoms with E-state index in [-0.39, 0.29) is 5.38 Å². The lowest BCUT2D eigenvalue weighted by Gasteiger charge is -2.09. The van der Waals surface area contributed by atoms with Crippen LogP contribution in [0.3, 0.4) is 0 Å². The molecule has 0 aliphatic heterocycles. The van der Waals surface area contributed by atoms with Gasteiger partial charge < -0.3 is 0 Å². The van der Waals surface area contributed by atoms with Gasteiger partial charge in [-0.2, -0.15) is 0 Å². The van der Waals surface area contributed by atoms with Gasteiger partial charge in [-0.05, 0) is 12.8 Å². The van der Waals surface area contributed by atoms with E-state index in [4.69, 9.17) is 17.4 Å². The Hall–Kier alpha value is 0.210. The second-order valence-electron chi connectivity index (χ2n) is 2.22. The Morgan fingerprint density at radius 3 is 2.50 bits per heavy atom. The molecule has 3 N–H and O–H groups in total. The summed E-state index contributed by atoms with van der Waals surface area (Å²) in [6.45, 7) is 0. The smallest absolute Gasteiger partial charge is 0.0502 e. The molecular formula is C5H11ClN2. The van der Waals surface area contributed by atoms with Gasteiger partial charge in [0.05, 0.1) is 5.38 Å². The molecule has 0 heterocycles. The fourth-order valence-corrected chi connectivity index (χ4v) is 1.46. The van der Waals surface area contributed by atoms with Crippen LogP contribution >= 0.6 is 11.6 Å². The van der Waals surface area contributed by atoms with E-state index < -0.39 is 0 Å². The van der Waals surface area contributed by atoms with Crippen molar-refractivity contribution in [2.24, 2.45) is 5.84 Å². The van der Waals surface area contributed by atoms with Gasteiger partial charge in [-0.25, -0.2) is 0 Å². The van der Waals surface area contributed by atoms with Crippen LogP contribution in [-0.4, -0.2) is 11.4 Å². The molecule has 0 bridgehead atoms. The molecule has 1 aliphatic carbocycles. The molecule has 8 heavy (non-hydrogen) atoms. The normalized spacial score (nSPS) is 38.2. The highest BCUT2D eigenvalue weighted by Gasteiger charge is 2.23. The minimum atomic E-state index is 0.264. The van der Waals surface area contributed by atoms with E-state index in [0.717, 1.165) is 12.8 Å². The number of hydrogen-bond acceptors (Lipinski definition) is 2. The van der Waals surface area contributed by atoms with Crippen LogP contribution in [0.25, 0.3) is 0 Å². The molecule has 0 aromatic carbocycles. The van der Waals surface area contributed by atoms with Crippen molar-refractivity contribution in [1.82, 2.24) is 5.43 Å². The van der Waals surface area contributed by atoms with Crippen molar-refractivity contribution in [3.63, 3.8) is 0 Å². The van der Waals surface area contributed by atoms with E-state index in [1.54, 1.807) is 0 Å². The Labute approximate surface area is 54.4 Å². The van der Waals surface area contributed by atoms with E-state index in [9.17, 15) is 0 Å². The van der Waals surface area contributed by atoms with Gasteiger partial charge in [-0.3, -0.25) is 11.3 Å². The van der Waals surface area contributed by atoms with E-state index in [0.29, 0.717) is 6.04 Å². The number of nitrogens with two attached hydrogens (primary N) is 1. The summed E-state index contributed by atoms with van der Waals surface area (Å²) in [5, 5.41) is 0.264. The molecule has 0 radical (unpaired) electrons. The third kappa shape index (κ3) is 1.13. The van der Waals surface area contributed by atoms with Crippen LogP contribution < -0.4 is 11.3 Å². The van der Waals surface area contributed by atoms with Crippen LogP contribution in [0, 0.1) is 0 Å². The topological polar surface area (TPSA) is 38.0 Å². The zero-order valence-corrected chi connectivity index (χ0v) is 5.49. The highest BCUT2D eigenvalue weighted by atomic mass is 35.5. The second kappa shape index (κ2) is 2.67. The first-order valence-corrected chi connectivity index (χ1v) is 3.38. The van der Waals surface area contributed by atoms with Crippen molar-refractivity contribution >= 4 is 11.6 Å². The van der Waals surface area contributed by atoms with Crippen LogP contribution in [0.2, 0.25) is 0 Å². The summed E-state index contributed by atoms with van der Waals surface area (Å²) in [7, 11) is 0. The van der Waals surface area contributed by atoms with Crippen molar-refractivity contribution in [2.75, 3.05) is 0 Å². The van der Waals surface area contributed by atoms with Gasteiger partial charge in [-0.1, -0.05) is 6.42 Å². The number of alkyl halides is 1. The fraction of sp³-hybridized carbons (Fsp3) is 1.00. The molecule has 2 atom stereocenters. The SMILES string of the molecule is NN[C@H]1CCC[C@@H]1Cl. The molecule has 1 aliphatic rings. The van der Waals surface area contributed by atoms with E-state index >= 15 is 0 Å². The van der Waals surface area contributed by atoms with Crippen LogP contribution in [0.4, 0.5) is 0 Å². The van der Waals surface area contributed by atoms with Crippen LogP contribution in [0.15, 0.2) is 0 Å². The Morgan fingerprint density at radius 1 is 1.50 bits per heavy atom. The molecule has 1 rings (SSSR count). The summed E-state index contributed by atoms with van der Waals surface area (Å²) in [6, 6.07) is 0.358. The third-order valence-corrected chi connectivity index (χ3v) is 2.17. The molecule has 1 fully saturated rings. The van der Waals surface area contributed by atoms with Crippen molar-refractivity contribution in [3.8, 4) is 0 Å². The zero-order chi connectivity index (χ0) is 5.98. The van der Waals surface area contributed by atoms with E-state index in [2.05, 4.69) is 5.43 Å². The average Bonchev–Trinajstić information content (AvgIpc) is 2.14. The van der Waals surface area contributed by atoms with Gasteiger partial charge in [0.2, 0.25) is 0 Å². The van der Waals surface area contributed by atoms with Gasteiger partial charge in [0.1, 0.15) is 0 Å². The first-order valence-electron chi connectivity index (χ1n) is 2.95. The number of hydrazine groups is 1. The maximum Gasteiger partial charge on any atom is 0.0502 e. The predicted molar refractivity (Wildman–Crippen MR) is 34.6 cm³/mol. The summed E-state index contributed by atoms with van der Waals surface area (Å²) in [6.07, 6.45) is 3.45. The van der Waals surface area contributed by atoms with Crippen molar-refractivity contribution in [3.05, 3.63) is 0 Å². The number of hydrogen-bond donors (Lipinski definition) is 2. The molecular weight excluding hydrogens is 124 g/mol. The predicted octanol–water partition coefficient (Wildman–Crippen LogP) is 0.610. The van der Waals surface area contributed by atoms with Crippen LogP contribution in [0.5, 0.6) is 0 Å². The highest BCUT2D eigenvalue weighted by molar-refractivity contribution is 6.21. The molecule has 0 spiro atoms. The number of nitrogens with one attached hydrogen (secondary N) is 1. The van der Waals surface area contributed by atoms with Gasteiger partial charge >= 0.3 is 0 Å². The molecule has 0 unspecified atom stereocenters. The fourth-order valence-electron chi connectivity index (χ4n) is 1.10. The standard InChI is InChI=1S/C5H11ClN2/c6-4-2-1-3-5(4)8-7/h4-5,8H,1-3,7H2/t4-,5-/m0/s1. The van der Waals surface area contributed by atoms with Crippen LogP contribution in [0.1, 0.15) is 19.3 Å². The van der Waals surface area contributed by atoms with Crippen molar-refractivity contribution < 1.29 is 0 Å². The molecule has 0 aromatic rings. The lowest BCUT2D eigenvalue weighted by atomic mass is 10.3. The third-order valence-electron chi connectivity index (χ3n) is 1.65. The second-order valence-corrected chi connectivity index (χ2v) is 2.78. The summed E-state index contributed by atoms with van der Waals surface area (Å²) in [5.74, 6) is 5.19. The highest BCUT2D eigenvalue weighted by Crippen LogP contribution is 2.22. The van der Waals surface area contributed by atoms with Gasteiger partial charge in [-0.15, -0.1) is 11.6 Å². The average molecular weight is 135 g/mol. The van der Waals surface area contributed by atoms with Gasteiger partial charge in [0, 0.05) is 6.04 Å². The Kier molecular flexibility index (Phi) is 2.11. The zero-order valence-electron chi connectivity index (χ0n) is 4.73. The Morgan fingerprint density at radius 2 is 2.25 bits per heavy atom. The van der Waals surface area contributed by atoms with E-state index in [1.807, 2.05) is 0 Å². The molecule has 0 saturated heterocycles. The minimum absolute atomic E-state index is 0.264. The molecule has 3 heteroatoms. The van der Waals surface area contributed by atoms with Gasteiger partial charge in [0.15, 0.2) is 0 Å². The molecule has 2 nitrogen and oxygen atoms in total. The minimum Gasteiger partial charge on any atom is -0.271 e. The Balaban J connectivity index is 2.30. The largest absolute Gasteiger partial charge is 0.271 e. The quantitative estimate of drug-likeness (QED) is 0.313. The summed E-state index contributed by atoms with van der Waals surface area (Å²) in [5.41, 5.74) is 2.68. The first-order chi connectivity index (χ1) is 3.84. The summed E-state index contributed by atoms with van der Waals surface area (Å²) >= 11 is 5.84.